The number of aliphatic hydroxyl groups excluding tert-OH is 1. The van der Waals surface area contributed by atoms with Crippen LogP contribution in [0.1, 0.15) is 25.7 Å². The second kappa shape index (κ2) is 3.18. The Balaban J connectivity index is 2.23. The molecular weight excluding hydrogens is 114 g/mol. The summed E-state index contributed by atoms with van der Waals surface area (Å²) in [5.41, 5.74) is 0. The molecule has 0 bridgehead atoms. The molecule has 1 fully saturated rings. The summed E-state index contributed by atoms with van der Waals surface area (Å²) in [7, 11) is 1.96. The van der Waals surface area contributed by atoms with E-state index < -0.39 is 0 Å². The van der Waals surface area contributed by atoms with Gasteiger partial charge in [0.1, 0.15) is 0 Å². The molecule has 0 heterocycles. The lowest BCUT2D eigenvalue weighted by Gasteiger charge is -2.24. The molecule has 54 valence electrons. The lowest BCUT2D eigenvalue weighted by molar-refractivity contribution is 0.114. The Labute approximate surface area is 56.3 Å². The van der Waals surface area contributed by atoms with Crippen LogP contribution < -0.4 is 5.32 Å². The molecule has 1 aliphatic rings. The van der Waals surface area contributed by atoms with Crippen molar-refractivity contribution in [1.82, 2.24) is 5.32 Å². The van der Waals surface area contributed by atoms with Crippen LogP contribution in [0.5, 0.6) is 0 Å². The first-order valence-electron chi connectivity index (χ1n) is 3.68. The summed E-state index contributed by atoms with van der Waals surface area (Å²) < 4.78 is 0. The fourth-order valence-corrected chi connectivity index (χ4v) is 1.43. The van der Waals surface area contributed by atoms with E-state index >= 15 is 0 Å². The number of rotatable bonds is 1. The van der Waals surface area contributed by atoms with E-state index in [0.717, 1.165) is 12.8 Å². The van der Waals surface area contributed by atoms with Gasteiger partial charge >= 0.3 is 0 Å². The SMILES string of the molecule is CNC1CCCC(O)C1. The van der Waals surface area contributed by atoms with Crippen LogP contribution in [0, 0.1) is 0 Å². The topological polar surface area (TPSA) is 32.3 Å². The van der Waals surface area contributed by atoms with Crippen molar-refractivity contribution in [1.29, 1.82) is 0 Å². The van der Waals surface area contributed by atoms with E-state index in [1.54, 1.807) is 0 Å². The predicted octanol–water partition coefficient (Wildman–Crippen LogP) is 0.509. The molecule has 0 aromatic carbocycles. The van der Waals surface area contributed by atoms with Gasteiger partial charge in [-0.2, -0.15) is 0 Å². The molecule has 2 heteroatoms. The van der Waals surface area contributed by atoms with Crippen molar-refractivity contribution < 1.29 is 5.11 Å². The maximum atomic E-state index is 9.17. The van der Waals surface area contributed by atoms with Gasteiger partial charge in [0.05, 0.1) is 6.10 Å². The van der Waals surface area contributed by atoms with Gasteiger partial charge in [0.2, 0.25) is 0 Å². The lowest BCUT2D eigenvalue weighted by Crippen LogP contribution is -2.33. The maximum absolute atomic E-state index is 9.17. The summed E-state index contributed by atoms with van der Waals surface area (Å²) >= 11 is 0. The van der Waals surface area contributed by atoms with Gasteiger partial charge in [-0.15, -0.1) is 0 Å². The largest absolute Gasteiger partial charge is 0.393 e. The van der Waals surface area contributed by atoms with Crippen molar-refractivity contribution in [3.8, 4) is 0 Å². The van der Waals surface area contributed by atoms with Crippen molar-refractivity contribution >= 4 is 0 Å². The summed E-state index contributed by atoms with van der Waals surface area (Å²) in [6.45, 7) is 0. The van der Waals surface area contributed by atoms with E-state index in [4.69, 9.17) is 0 Å². The highest BCUT2D eigenvalue weighted by atomic mass is 16.3. The van der Waals surface area contributed by atoms with Crippen molar-refractivity contribution in [2.45, 2.75) is 37.8 Å². The van der Waals surface area contributed by atoms with Crippen molar-refractivity contribution in [3.63, 3.8) is 0 Å². The predicted molar refractivity (Wildman–Crippen MR) is 37.3 cm³/mol. The van der Waals surface area contributed by atoms with Crippen LogP contribution in [0.4, 0.5) is 0 Å². The zero-order valence-corrected chi connectivity index (χ0v) is 5.93. The fourth-order valence-electron chi connectivity index (χ4n) is 1.43. The van der Waals surface area contributed by atoms with E-state index in [1.807, 2.05) is 7.05 Å². The minimum atomic E-state index is -0.0452. The molecule has 2 N–H and O–H groups in total. The molecule has 0 aliphatic heterocycles. The minimum Gasteiger partial charge on any atom is -0.393 e. The van der Waals surface area contributed by atoms with Crippen molar-refractivity contribution in [2.75, 3.05) is 7.05 Å². The zero-order valence-electron chi connectivity index (χ0n) is 5.93. The highest BCUT2D eigenvalue weighted by molar-refractivity contribution is 4.75. The maximum Gasteiger partial charge on any atom is 0.0555 e. The lowest BCUT2D eigenvalue weighted by atomic mass is 9.93. The molecule has 1 aliphatic carbocycles. The number of aliphatic hydroxyl groups is 1. The van der Waals surface area contributed by atoms with Crippen LogP contribution in [0.15, 0.2) is 0 Å². The van der Waals surface area contributed by atoms with Gasteiger partial charge in [-0.05, 0) is 32.7 Å². The number of nitrogens with one attached hydrogen (secondary N) is 1. The van der Waals surface area contributed by atoms with Crippen molar-refractivity contribution in [2.24, 2.45) is 0 Å². The van der Waals surface area contributed by atoms with Crippen LogP contribution in [0.25, 0.3) is 0 Å². The van der Waals surface area contributed by atoms with Gasteiger partial charge in [-0.1, -0.05) is 0 Å². The molecule has 0 spiro atoms. The van der Waals surface area contributed by atoms with Gasteiger partial charge in [0.15, 0.2) is 0 Å². The average molecular weight is 129 g/mol. The van der Waals surface area contributed by atoms with Crippen LogP contribution in [-0.2, 0) is 0 Å². The summed E-state index contributed by atoms with van der Waals surface area (Å²) in [5.74, 6) is 0. The minimum absolute atomic E-state index is 0.0452. The molecule has 9 heavy (non-hydrogen) atoms. The number of hydrogen-bond donors (Lipinski definition) is 2. The molecule has 0 aromatic heterocycles. The van der Waals surface area contributed by atoms with Crippen LogP contribution in [0.3, 0.4) is 0 Å². The summed E-state index contributed by atoms with van der Waals surface area (Å²) in [6, 6.07) is 0.564. The van der Waals surface area contributed by atoms with Crippen LogP contribution in [0.2, 0.25) is 0 Å². The van der Waals surface area contributed by atoms with Gasteiger partial charge in [0, 0.05) is 6.04 Å². The molecule has 1 saturated carbocycles. The molecule has 2 nitrogen and oxygen atoms in total. The highest BCUT2D eigenvalue weighted by Gasteiger charge is 2.17. The van der Waals surface area contributed by atoms with Gasteiger partial charge in [-0.25, -0.2) is 0 Å². The monoisotopic (exact) mass is 129 g/mol. The molecule has 0 aromatic rings. The molecule has 0 saturated heterocycles. The Kier molecular flexibility index (Phi) is 2.49. The Morgan fingerprint density at radius 1 is 1.44 bits per heavy atom. The van der Waals surface area contributed by atoms with E-state index in [1.165, 1.54) is 12.8 Å². The molecule has 2 unspecified atom stereocenters. The van der Waals surface area contributed by atoms with Crippen LogP contribution in [-0.4, -0.2) is 24.3 Å². The Hall–Kier alpha value is -0.0800. The first-order chi connectivity index (χ1) is 4.33. The summed E-state index contributed by atoms with van der Waals surface area (Å²) in [6.07, 6.45) is 4.30. The Morgan fingerprint density at radius 2 is 2.22 bits per heavy atom. The van der Waals surface area contributed by atoms with Gasteiger partial charge < -0.3 is 10.4 Å². The molecule has 1 rings (SSSR count). The quantitative estimate of drug-likeness (QED) is 0.540. The standard InChI is InChI=1S/C7H15NO/c1-8-6-3-2-4-7(9)5-6/h6-9H,2-5H2,1H3. The second-order valence-corrected chi connectivity index (χ2v) is 2.81. The zero-order chi connectivity index (χ0) is 6.69. The van der Waals surface area contributed by atoms with Gasteiger partial charge in [0.25, 0.3) is 0 Å². The van der Waals surface area contributed by atoms with Crippen molar-refractivity contribution in [3.05, 3.63) is 0 Å². The Morgan fingerprint density at radius 3 is 2.67 bits per heavy atom. The summed E-state index contributed by atoms with van der Waals surface area (Å²) in [4.78, 5) is 0. The Bertz CT molecular complexity index is 85.0. The van der Waals surface area contributed by atoms with Gasteiger partial charge in [-0.3, -0.25) is 0 Å². The first kappa shape index (κ1) is 7.03. The fraction of sp³-hybridized carbons (Fsp3) is 1.00. The van der Waals surface area contributed by atoms with E-state index in [2.05, 4.69) is 5.32 Å². The van der Waals surface area contributed by atoms with E-state index in [9.17, 15) is 5.11 Å². The summed E-state index contributed by atoms with van der Waals surface area (Å²) in [5, 5.41) is 12.3. The second-order valence-electron chi connectivity index (χ2n) is 2.81. The third-order valence-electron chi connectivity index (χ3n) is 2.05. The first-order valence-corrected chi connectivity index (χ1v) is 3.68. The third-order valence-corrected chi connectivity index (χ3v) is 2.05. The molecule has 0 radical (unpaired) electrons. The highest BCUT2D eigenvalue weighted by Crippen LogP contribution is 2.17. The normalized spacial score (nSPS) is 36.7. The van der Waals surface area contributed by atoms with Crippen LogP contribution >= 0.6 is 0 Å². The van der Waals surface area contributed by atoms with E-state index in [0.29, 0.717) is 6.04 Å². The molecular formula is C7H15NO. The number of hydrogen-bond acceptors (Lipinski definition) is 2. The third kappa shape index (κ3) is 1.95. The van der Waals surface area contributed by atoms with E-state index in [-0.39, 0.29) is 6.10 Å². The molecule has 2 atom stereocenters. The smallest absolute Gasteiger partial charge is 0.0555 e. The molecule has 0 amide bonds. The average Bonchev–Trinajstić information content (AvgIpc) is 1.88.